The lowest BCUT2D eigenvalue weighted by Gasteiger charge is -2.07. The summed E-state index contributed by atoms with van der Waals surface area (Å²) in [5.41, 5.74) is 7.00. The summed E-state index contributed by atoms with van der Waals surface area (Å²) in [6.45, 7) is 0. The summed E-state index contributed by atoms with van der Waals surface area (Å²) in [6, 6.07) is 11.2. The summed E-state index contributed by atoms with van der Waals surface area (Å²) >= 11 is 0. The number of rotatable bonds is 3. The van der Waals surface area contributed by atoms with Crippen LogP contribution < -0.4 is 16.2 Å². The van der Waals surface area contributed by atoms with Crippen LogP contribution in [-0.2, 0) is 0 Å². The lowest BCUT2D eigenvalue weighted by Crippen LogP contribution is -2.12. The first-order chi connectivity index (χ1) is 12.5. The van der Waals surface area contributed by atoms with Crippen molar-refractivity contribution in [2.24, 2.45) is 0 Å². The van der Waals surface area contributed by atoms with Crippen LogP contribution in [0, 0.1) is 0 Å². The maximum absolute atomic E-state index is 11.4. The van der Waals surface area contributed by atoms with Gasteiger partial charge in [0.25, 0.3) is 0 Å². The van der Waals surface area contributed by atoms with Crippen LogP contribution in [0.2, 0.25) is 0 Å². The third-order valence-corrected chi connectivity index (χ3v) is 3.80. The number of anilines is 1. The summed E-state index contributed by atoms with van der Waals surface area (Å²) in [6.07, 6.45) is 0. The smallest absolute Gasteiger partial charge is 0.348 e. The molecule has 0 bridgehead atoms. The van der Waals surface area contributed by atoms with E-state index >= 15 is 0 Å². The Balaban J connectivity index is 1.66. The van der Waals surface area contributed by atoms with E-state index < -0.39 is 5.69 Å². The van der Waals surface area contributed by atoms with Gasteiger partial charge >= 0.3 is 5.69 Å². The van der Waals surface area contributed by atoms with E-state index in [4.69, 9.17) is 10.5 Å². The molecule has 2 aromatic carbocycles. The van der Waals surface area contributed by atoms with E-state index in [9.17, 15) is 15.0 Å². The Kier molecular flexibility index (Phi) is 3.47. The molecule has 26 heavy (non-hydrogen) atoms. The monoisotopic (exact) mass is 351 g/mol. The molecule has 6 N–H and O–H groups in total. The lowest BCUT2D eigenvalue weighted by molar-refractivity contribution is 0.398. The number of hydrogen-bond donors (Lipinski definition) is 5. The highest BCUT2D eigenvalue weighted by Crippen LogP contribution is 2.33. The van der Waals surface area contributed by atoms with E-state index in [-0.39, 0.29) is 17.3 Å². The number of benzene rings is 2. The number of nitrogen functional groups attached to an aromatic ring is 1. The predicted molar refractivity (Wildman–Crippen MR) is 94.2 cm³/mol. The van der Waals surface area contributed by atoms with Gasteiger partial charge in [0.05, 0.1) is 11.1 Å². The zero-order chi connectivity index (χ0) is 18.3. The standard InChI is InChI=1S/C17H13N5O4/c18-15-13-14(21-22-16(13)20-17(25)19-15)8-1-3-9(4-2-8)26-10-5-6-11(23)12(24)7-10/h1-7,23-24H,(H4,18,19,20,21,22,25). The van der Waals surface area contributed by atoms with Crippen molar-refractivity contribution in [2.75, 3.05) is 5.73 Å². The molecule has 2 aromatic heterocycles. The number of nitrogens with two attached hydrogens (primary N) is 1. The topological polar surface area (TPSA) is 150 Å². The zero-order valence-electron chi connectivity index (χ0n) is 13.2. The first kappa shape index (κ1) is 15.5. The molecule has 9 nitrogen and oxygen atoms in total. The molecule has 9 heteroatoms. The third-order valence-electron chi connectivity index (χ3n) is 3.80. The van der Waals surface area contributed by atoms with Gasteiger partial charge in [-0.05, 0) is 36.4 Å². The molecule has 130 valence electrons. The number of aromatic hydroxyl groups is 2. The highest BCUT2D eigenvalue weighted by Gasteiger charge is 2.13. The van der Waals surface area contributed by atoms with Gasteiger partial charge in [-0.1, -0.05) is 0 Å². The molecule has 0 radical (unpaired) electrons. The molecule has 0 aliphatic carbocycles. The predicted octanol–water partition coefficient (Wildman–Crippen LogP) is 2.10. The SMILES string of the molecule is Nc1nc(=O)[nH]c2n[nH]c(-c3ccc(Oc4ccc(O)c(O)c4)cc3)c12. The zero-order valence-corrected chi connectivity index (χ0v) is 13.2. The summed E-state index contributed by atoms with van der Waals surface area (Å²) in [4.78, 5) is 17.6. The molecule has 2 heterocycles. The van der Waals surface area contributed by atoms with E-state index in [1.807, 2.05) is 0 Å². The van der Waals surface area contributed by atoms with Crippen LogP contribution in [0.15, 0.2) is 47.3 Å². The molecule has 0 aliphatic heterocycles. The molecule has 0 unspecified atom stereocenters. The number of nitrogens with zero attached hydrogens (tertiary/aromatic N) is 2. The van der Waals surface area contributed by atoms with E-state index in [2.05, 4.69) is 20.2 Å². The molecular formula is C17H13N5O4. The molecule has 4 aromatic rings. The van der Waals surface area contributed by atoms with Crippen molar-refractivity contribution in [3.05, 3.63) is 52.9 Å². The fourth-order valence-electron chi connectivity index (χ4n) is 2.58. The van der Waals surface area contributed by atoms with E-state index in [0.717, 1.165) is 5.56 Å². The number of nitrogens with one attached hydrogen (secondary N) is 2. The maximum Gasteiger partial charge on any atom is 0.348 e. The molecule has 0 amide bonds. The number of hydrogen-bond acceptors (Lipinski definition) is 7. The minimum Gasteiger partial charge on any atom is -0.504 e. The minimum absolute atomic E-state index is 0.0902. The molecule has 0 fully saturated rings. The fraction of sp³-hybridized carbons (Fsp3) is 0. The minimum atomic E-state index is -0.561. The largest absolute Gasteiger partial charge is 0.504 e. The average molecular weight is 351 g/mol. The first-order valence-corrected chi connectivity index (χ1v) is 7.55. The van der Waals surface area contributed by atoms with Crippen molar-refractivity contribution in [3.63, 3.8) is 0 Å². The van der Waals surface area contributed by atoms with Gasteiger partial charge in [-0.25, -0.2) is 4.79 Å². The maximum atomic E-state index is 11.4. The Morgan fingerprint density at radius 1 is 1.00 bits per heavy atom. The van der Waals surface area contributed by atoms with Gasteiger partial charge in [-0.2, -0.15) is 10.1 Å². The molecule has 0 spiro atoms. The first-order valence-electron chi connectivity index (χ1n) is 7.55. The van der Waals surface area contributed by atoms with Gasteiger partial charge in [0.15, 0.2) is 17.1 Å². The van der Waals surface area contributed by atoms with Crippen LogP contribution >= 0.6 is 0 Å². The van der Waals surface area contributed by atoms with Crippen molar-refractivity contribution < 1.29 is 14.9 Å². The lowest BCUT2D eigenvalue weighted by atomic mass is 10.1. The van der Waals surface area contributed by atoms with Gasteiger partial charge in [0, 0.05) is 11.6 Å². The van der Waals surface area contributed by atoms with Crippen molar-refractivity contribution in [1.82, 2.24) is 20.2 Å². The number of fused-ring (bicyclic) bond motifs is 1. The van der Waals surface area contributed by atoms with Crippen LogP contribution in [-0.4, -0.2) is 30.4 Å². The molecule has 0 atom stereocenters. The van der Waals surface area contributed by atoms with Crippen molar-refractivity contribution in [2.45, 2.75) is 0 Å². The van der Waals surface area contributed by atoms with Crippen LogP contribution in [0.1, 0.15) is 0 Å². The number of H-pyrrole nitrogens is 2. The number of ether oxygens (including phenoxy) is 1. The highest BCUT2D eigenvalue weighted by atomic mass is 16.5. The molecular weight excluding hydrogens is 338 g/mol. The molecule has 0 aliphatic rings. The summed E-state index contributed by atoms with van der Waals surface area (Å²) in [5.74, 6) is 0.517. The van der Waals surface area contributed by atoms with Crippen molar-refractivity contribution in [3.8, 4) is 34.3 Å². The Hall–Kier alpha value is -4.01. The van der Waals surface area contributed by atoms with Crippen molar-refractivity contribution >= 4 is 16.9 Å². The Bertz CT molecular complexity index is 1160. The van der Waals surface area contributed by atoms with Crippen LogP contribution in [0.3, 0.4) is 0 Å². The van der Waals surface area contributed by atoms with Crippen LogP contribution in [0.4, 0.5) is 5.82 Å². The number of phenols is 2. The van der Waals surface area contributed by atoms with Crippen molar-refractivity contribution in [1.29, 1.82) is 0 Å². The summed E-state index contributed by atoms with van der Waals surface area (Å²) in [5, 5.41) is 26.2. The second-order valence-electron chi connectivity index (χ2n) is 5.53. The second kappa shape index (κ2) is 5.81. The van der Waals surface area contributed by atoms with E-state index in [1.54, 1.807) is 24.3 Å². The van der Waals surface area contributed by atoms with Gasteiger partial charge in [-0.3, -0.25) is 10.1 Å². The van der Waals surface area contributed by atoms with Gasteiger partial charge < -0.3 is 20.7 Å². The molecule has 4 rings (SSSR count). The third kappa shape index (κ3) is 2.67. The Morgan fingerprint density at radius 2 is 1.73 bits per heavy atom. The van der Waals surface area contributed by atoms with Crippen LogP contribution in [0.25, 0.3) is 22.3 Å². The number of aromatic amines is 2. The van der Waals surface area contributed by atoms with E-state index in [0.29, 0.717) is 28.2 Å². The van der Waals surface area contributed by atoms with E-state index in [1.165, 1.54) is 18.2 Å². The van der Waals surface area contributed by atoms with Gasteiger partial charge in [-0.15, -0.1) is 0 Å². The second-order valence-corrected chi connectivity index (χ2v) is 5.53. The molecule has 0 saturated carbocycles. The summed E-state index contributed by atoms with van der Waals surface area (Å²) < 4.78 is 5.63. The Morgan fingerprint density at radius 3 is 2.46 bits per heavy atom. The van der Waals surface area contributed by atoms with Crippen LogP contribution in [0.5, 0.6) is 23.0 Å². The number of phenolic OH excluding ortho intramolecular Hbond substituents is 2. The van der Waals surface area contributed by atoms with Gasteiger partial charge in [0.1, 0.15) is 17.3 Å². The highest BCUT2D eigenvalue weighted by molar-refractivity contribution is 5.97. The quantitative estimate of drug-likeness (QED) is 0.355. The Labute approximate surface area is 145 Å². The van der Waals surface area contributed by atoms with Gasteiger partial charge in [0.2, 0.25) is 0 Å². The average Bonchev–Trinajstić information content (AvgIpc) is 3.03. The normalized spacial score (nSPS) is 10.9. The summed E-state index contributed by atoms with van der Waals surface area (Å²) in [7, 11) is 0. The fourth-order valence-corrected chi connectivity index (χ4v) is 2.58. The number of aromatic nitrogens is 4. The molecule has 0 saturated heterocycles.